The van der Waals surface area contributed by atoms with E-state index in [4.69, 9.17) is 4.74 Å². The summed E-state index contributed by atoms with van der Waals surface area (Å²) in [6.45, 7) is 4.55. The molecule has 0 saturated heterocycles. The molecule has 0 amide bonds. The van der Waals surface area contributed by atoms with Crippen LogP contribution in [-0.4, -0.2) is 17.7 Å². The second-order valence-electron chi connectivity index (χ2n) is 5.61. The number of benzene rings is 2. The van der Waals surface area contributed by atoms with Crippen molar-refractivity contribution in [3.05, 3.63) is 65.2 Å². The van der Waals surface area contributed by atoms with E-state index in [9.17, 15) is 9.90 Å². The number of aryl methyl sites for hydroxylation is 2. The van der Waals surface area contributed by atoms with Crippen molar-refractivity contribution in [2.45, 2.75) is 32.6 Å². The minimum Gasteiger partial charge on any atom is -0.494 e. The SMILES string of the molecule is Cc1ccc(OCCCC(C(=O)O)c2ccc(C)cc2)cc1. The van der Waals surface area contributed by atoms with Gasteiger partial charge >= 0.3 is 5.97 Å². The van der Waals surface area contributed by atoms with Crippen molar-refractivity contribution < 1.29 is 14.6 Å². The molecule has 1 unspecified atom stereocenters. The Morgan fingerprint density at radius 1 is 1.00 bits per heavy atom. The third-order valence-electron chi connectivity index (χ3n) is 3.70. The van der Waals surface area contributed by atoms with Crippen molar-refractivity contribution in [3.63, 3.8) is 0 Å². The van der Waals surface area contributed by atoms with E-state index >= 15 is 0 Å². The zero-order chi connectivity index (χ0) is 15.9. The highest BCUT2D eigenvalue weighted by atomic mass is 16.5. The number of rotatable bonds is 7. The van der Waals surface area contributed by atoms with Crippen LogP contribution in [-0.2, 0) is 4.79 Å². The van der Waals surface area contributed by atoms with Crippen LogP contribution in [0.2, 0.25) is 0 Å². The van der Waals surface area contributed by atoms with E-state index < -0.39 is 11.9 Å². The largest absolute Gasteiger partial charge is 0.494 e. The van der Waals surface area contributed by atoms with E-state index in [2.05, 4.69) is 0 Å². The molecule has 0 fully saturated rings. The molecule has 1 atom stereocenters. The Morgan fingerprint density at radius 3 is 2.09 bits per heavy atom. The van der Waals surface area contributed by atoms with Gasteiger partial charge in [0.2, 0.25) is 0 Å². The van der Waals surface area contributed by atoms with Crippen LogP contribution in [0, 0.1) is 13.8 Å². The summed E-state index contributed by atoms with van der Waals surface area (Å²) in [6, 6.07) is 15.6. The van der Waals surface area contributed by atoms with Gasteiger partial charge in [-0.3, -0.25) is 4.79 Å². The van der Waals surface area contributed by atoms with Gasteiger partial charge in [0.1, 0.15) is 5.75 Å². The van der Waals surface area contributed by atoms with Gasteiger partial charge in [-0.05, 0) is 44.4 Å². The summed E-state index contributed by atoms with van der Waals surface area (Å²) < 4.78 is 5.65. The standard InChI is InChI=1S/C19H22O3/c1-14-5-9-16(10-6-14)18(19(20)21)4-3-13-22-17-11-7-15(2)8-12-17/h5-12,18H,3-4,13H2,1-2H3,(H,20,21). The minimum absolute atomic E-state index is 0.470. The molecule has 2 aromatic rings. The molecule has 2 rings (SSSR count). The Balaban J connectivity index is 1.86. The molecule has 22 heavy (non-hydrogen) atoms. The highest BCUT2D eigenvalue weighted by Gasteiger charge is 2.19. The van der Waals surface area contributed by atoms with Crippen LogP contribution in [0.3, 0.4) is 0 Å². The molecule has 0 bridgehead atoms. The first-order valence-corrected chi connectivity index (χ1v) is 7.55. The van der Waals surface area contributed by atoms with Crippen LogP contribution in [0.1, 0.15) is 35.4 Å². The third kappa shape index (κ3) is 4.62. The maximum atomic E-state index is 11.4. The van der Waals surface area contributed by atoms with Gasteiger partial charge in [0.15, 0.2) is 0 Å². The monoisotopic (exact) mass is 298 g/mol. The summed E-state index contributed by atoms with van der Waals surface area (Å²) in [5.41, 5.74) is 3.18. The van der Waals surface area contributed by atoms with Crippen molar-refractivity contribution >= 4 is 5.97 Å². The molecule has 0 aliphatic carbocycles. The van der Waals surface area contributed by atoms with Gasteiger partial charge < -0.3 is 9.84 Å². The van der Waals surface area contributed by atoms with E-state index in [1.165, 1.54) is 5.56 Å². The zero-order valence-corrected chi connectivity index (χ0v) is 13.1. The van der Waals surface area contributed by atoms with Crippen molar-refractivity contribution in [3.8, 4) is 5.75 Å². The van der Waals surface area contributed by atoms with Crippen molar-refractivity contribution in [1.82, 2.24) is 0 Å². The molecule has 0 aromatic heterocycles. The van der Waals surface area contributed by atoms with Crippen LogP contribution < -0.4 is 4.74 Å². The summed E-state index contributed by atoms with van der Waals surface area (Å²) in [5, 5.41) is 9.40. The van der Waals surface area contributed by atoms with Gasteiger partial charge in [-0.25, -0.2) is 0 Å². The molecule has 0 spiro atoms. The highest BCUT2D eigenvalue weighted by Crippen LogP contribution is 2.22. The molecule has 116 valence electrons. The second kappa shape index (κ2) is 7.64. The average molecular weight is 298 g/mol. The maximum Gasteiger partial charge on any atom is 0.310 e. The molecule has 2 aromatic carbocycles. The molecular formula is C19H22O3. The maximum absolute atomic E-state index is 11.4. The Kier molecular flexibility index (Phi) is 5.59. The van der Waals surface area contributed by atoms with Gasteiger partial charge in [-0.2, -0.15) is 0 Å². The number of carbonyl (C=O) groups is 1. The molecule has 3 heteroatoms. The third-order valence-corrected chi connectivity index (χ3v) is 3.70. The van der Waals surface area contributed by atoms with Crippen LogP contribution >= 0.6 is 0 Å². The van der Waals surface area contributed by atoms with Crippen molar-refractivity contribution in [2.75, 3.05) is 6.61 Å². The number of ether oxygens (including phenoxy) is 1. The number of hydrogen-bond acceptors (Lipinski definition) is 2. The van der Waals surface area contributed by atoms with E-state index in [-0.39, 0.29) is 0 Å². The average Bonchev–Trinajstić information content (AvgIpc) is 2.50. The lowest BCUT2D eigenvalue weighted by Gasteiger charge is -2.13. The van der Waals surface area contributed by atoms with E-state index in [0.29, 0.717) is 19.4 Å². The topological polar surface area (TPSA) is 46.5 Å². The van der Waals surface area contributed by atoms with Gasteiger partial charge in [0.05, 0.1) is 12.5 Å². The minimum atomic E-state index is -0.779. The predicted octanol–water partition coefficient (Wildman–Crippen LogP) is 4.33. The van der Waals surface area contributed by atoms with Gasteiger partial charge in [0.25, 0.3) is 0 Å². The fourth-order valence-electron chi connectivity index (χ4n) is 2.34. The molecule has 0 aliphatic heterocycles. The van der Waals surface area contributed by atoms with E-state index in [0.717, 1.165) is 16.9 Å². The number of aliphatic carboxylic acids is 1. The summed E-state index contributed by atoms with van der Waals surface area (Å²) >= 11 is 0. The van der Waals surface area contributed by atoms with Gasteiger partial charge in [0, 0.05) is 0 Å². The molecule has 1 N–H and O–H groups in total. The quantitative estimate of drug-likeness (QED) is 0.774. The van der Waals surface area contributed by atoms with Crippen LogP contribution in [0.4, 0.5) is 0 Å². The van der Waals surface area contributed by atoms with Gasteiger partial charge in [-0.15, -0.1) is 0 Å². The fraction of sp³-hybridized carbons (Fsp3) is 0.316. The summed E-state index contributed by atoms with van der Waals surface area (Å²) in [5.74, 6) is -0.422. The Bertz CT molecular complexity index is 600. The molecule has 0 radical (unpaired) electrons. The summed E-state index contributed by atoms with van der Waals surface area (Å²) in [4.78, 5) is 11.4. The molecule has 0 heterocycles. The Morgan fingerprint density at radius 2 is 1.55 bits per heavy atom. The number of hydrogen-bond donors (Lipinski definition) is 1. The predicted molar refractivity (Wildman–Crippen MR) is 87.5 cm³/mol. The van der Waals surface area contributed by atoms with Gasteiger partial charge in [-0.1, -0.05) is 47.5 Å². The second-order valence-corrected chi connectivity index (χ2v) is 5.61. The normalized spacial score (nSPS) is 11.9. The van der Waals surface area contributed by atoms with E-state index in [1.807, 2.05) is 62.4 Å². The molecular weight excluding hydrogens is 276 g/mol. The fourth-order valence-corrected chi connectivity index (χ4v) is 2.34. The van der Waals surface area contributed by atoms with Crippen molar-refractivity contribution in [2.24, 2.45) is 0 Å². The van der Waals surface area contributed by atoms with Crippen molar-refractivity contribution in [1.29, 1.82) is 0 Å². The first-order chi connectivity index (χ1) is 10.6. The molecule has 3 nitrogen and oxygen atoms in total. The zero-order valence-electron chi connectivity index (χ0n) is 13.1. The lowest BCUT2D eigenvalue weighted by Crippen LogP contribution is -2.13. The number of carboxylic acid groups (broad SMARTS) is 1. The van der Waals surface area contributed by atoms with Crippen LogP contribution in [0.15, 0.2) is 48.5 Å². The lowest BCUT2D eigenvalue weighted by atomic mass is 9.94. The Hall–Kier alpha value is -2.29. The highest BCUT2D eigenvalue weighted by molar-refractivity contribution is 5.76. The van der Waals surface area contributed by atoms with Crippen LogP contribution in [0.25, 0.3) is 0 Å². The summed E-state index contributed by atoms with van der Waals surface area (Å²) in [6.07, 6.45) is 1.28. The molecule has 0 aliphatic rings. The molecule has 0 saturated carbocycles. The Labute approximate surface area is 131 Å². The lowest BCUT2D eigenvalue weighted by molar-refractivity contribution is -0.139. The smallest absolute Gasteiger partial charge is 0.310 e. The first kappa shape index (κ1) is 16.1. The van der Waals surface area contributed by atoms with Crippen LogP contribution in [0.5, 0.6) is 5.75 Å². The number of carboxylic acids is 1. The summed E-state index contributed by atoms with van der Waals surface area (Å²) in [7, 11) is 0. The van der Waals surface area contributed by atoms with E-state index in [1.54, 1.807) is 0 Å². The first-order valence-electron chi connectivity index (χ1n) is 7.55.